The van der Waals surface area contributed by atoms with Gasteiger partial charge in [0.1, 0.15) is 23.9 Å². The van der Waals surface area contributed by atoms with E-state index < -0.39 is 99.8 Å². The van der Waals surface area contributed by atoms with Crippen LogP contribution in [0, 0.1) is 28.6 Å². The molecule has 45 heavy (non-hydrogen) atoms. The van der Waals surface area contributed by atoms with Crippen LogP contribution in [0.1, 0.15) is 71.2 Å². The van der Waals surface area contributed by atoms with Crippen LogP contribution in [-0.4, -0.2) is 93.1 Å². The number of Topliss-reactive ketones (excluding diaryl/α,β-unsaturated/α-hetero) is 2. The van der Waals surface area contributed by atoms with E-state index in [1.165, 1.54) is 19.1 Å². The Morgan fingerprint density at radius 2 is 1.71 bits per heavy atom. The number of benzene rings is 1. The summed E-state index contributed by atoms with van der Waals surface area (Å²) in [7, 11) is 0. The minimum atomic E-state index is -2.14. The van der Waals surface area contributed by atoms with Gasteiger partial charge in [-0.25, -0.2) is 9.59 Å². The van der Waals surface area contributed by atoms with Crippen molar-refractivity contribution in [3.05, 3.63) is 35.9 Å². The lowest BCUT2D eigenvalue weighted by atomic mass is 9.46. The number of carbonyl (C=O) groups is 5. The van der Waals surface area contributed by atoms with Gasteiger partial charge in [-0.1, -0.05) is 45.9 Å². The molecule has 1 aromatic carbocycles. The van der Waals surface area contributed by atoms with E-state index in [2.05, 4.69) is 0 Å². The minimum Gasteiger partial charge on any atom is -0.460 e. The van der Waals surface area contributed by atoms with E-state index in [4.69, 9.17) is 18.9 Å². The molecule has 0 radical (unpaired) electrons. The van der Waals surface area contributed by atoms with Crippen molar-refractivity contribution in [2.24, 2.45) is 28.6 Å². The highest BCUT2D eigenvalue weighted by molar-refractivity contribution is 6.40. The molecule has 0 amide bonds. The maximum atomic E-state index is 14.3. The molecule has 2 bridgehead atoms. The Morgan fingerprint density at radius 1 is 1.07 bits per heavy atom. The van der Waals surface area contributed by atoms with Crippen molar-refractivity contribution in [3.8, 4) is 0 Å². The smallest absolute Gasteiger partial charge is 0.338 e. The van der Waals surface area contributed by atoms with Gasteiger partial charge in [0.2, 0.25) is 11.6 Å². The molecule has 3 N–H and O–H groups in total. The van der Waals surface area contributed by atoms with Crippen molar-refractivity contribution >= 4 is 29.5 Å². The van der Waals surface area contributed by atoms with Crippen LogP contribution in [0.2, 0.25) is 0 Å². The number of ether oxygens (including phenoxy) is 4. The molecule has 1 aliphatic heterocycles. The Labute approximate surface area is 261 Å². The second-order valence-corrected chi connectivity index (χ2v) is 14.4. The molecule has 0 spiro atoms. The highest BCUT2D eigenvalue weighted by Crippen LogP contribution is 2.61. The predicted octanol–water partition coefficient (Wildman–Crippen LogP) is 1.55. The summed E-state index contributed by atoms with van der Waals surface area (Å²) in [5.74, 6) is -8.09. The minimum absolute atomic E-state index is 0.128. The van der Waals surface area contributed by atoms with Crippen molar-refractivity contribution in [3.63, 3.8) is 0 Å². The first-order valence-corrected chi connectivity index (χ1v) is 15.3. The average molecular weight is 631 g/mol. The molecule has 3 saturated carbocycles. The van der Waals surface area contributed by atoms with E-state index in [0.29, 0.717) is 0 Å². The van der Waals surface area contributed by atoms with Crippen LogP contribution in [0.25, 0.3) is 0 Å². The van der Waals surface area contributed by atoms with Gasteiger partial charge in [0.05, 0.1) is 29.6 Å². The first-order chi connectivity index (χ1) is 20.9. The van der Waals surface area contributed by atoms with E-state index in [0.717, 1.165) is 6.92 Å². The lowest BCUT2D eigenvalue weighted by Gasteiger charge is -2.65. The lowest BCUT2D eigenvalue weighted by Crippen LogP contribution is -2.81. The van der Waals surface area contributed by atoms with E-state index in [1.807, 2.05) is 0 Å². The molecular weight excluding hydrogens is 588 g/mol. The summed E-state index contributed by atoms with van der Waals surface area (Å²) in [4.78, 5) is 67.7. The molecule has 12 heteroatoms. The van der Waals surface area contributed by atoms with Crippen LogP contribution < -0.4 is 0 Å². The number of ketones is 2. The zero-order chi connectivity index (χ0) is 33.3. The van der Waals surface area contributed by atoms with Gasteiger partial charge in [0.25, 0.3) is 0 Å². The van der Waals surface area contributed by atoms with Gasteiger partial charge in [-0.2, -0.15) is 0 Å². The standard InChI is InChI=1S/C33H42O12/c1-16-20-12-19(43-29(40)26(38)30(3,4)5)14-32(16,41)27(44-28(39)18-10-8-7-9-11-18)24-31(6,25(37)23(20)36)21(35)13-22-33(24,15-42-22)45-17(2)34/h7-11,16,19-22,24,26-27,35,38,41H,12-15H2,1-6H3/t16-,19?,20?,21+,22-,24?,26?,27?,31-,32+,33+/m1/s1. The van der Waals surface area contributed by atoms with E-state index in [9.17, 15) is 39.3 Å². The summed E-state index contributed by atoms with van der Waals surface area (Å²) in [6.45, 7) is 8.77. The van der Waals surface area contributed by atoms with Gasteiger partial charge in [-0.05, 0) is 36.8 Å². The molecular formula is C33H42O12. The highest BCUT2D eigenvalue weighted by atomic mass is 16.6. The molecule has 1 aromatic rings. The number of esters is 3. The van der Waals surface area contributed by atoms with Crippen LogP contribution in [0.15, 0.2) is 30.3 Å². The van der Waals surface area contributed by atoms with Gasteiger partial charge >= 0.3 is 17.9 Å². The highest BCUT2D eigenvalue weighted by Gasteiger charge is 2.77. The van der Waals surface area contributed by atoms with Crippen LogP contribution in [-0.2, 0) is 38.1 Å². The summed E-state index contributed by atoms with van der Waals surface area (Å²) in [5.41, 5.74) is -6.51. The molecule has 5 rings (SSSR count). The molecule has 5 unspecified atom stereocenters. The fourth-order valence-electron chi connectivity index (χ4n) is 7.88. The maximum absolute atomic E-state index is 14.3. The van der Waals surface area contributed by atoms with Gasteiger partial charge in [0, 0.05) is 25.7 Å². The van der Waals surface area contributed by atoms with Crippen molar-refractivity contribution in [1.82, 2.24) is 0 Å². The Kier molecular flexibility index (Phi) is 8.30. The number of aliphatic hydroxyl groups is 3. The Hall–Kier alpha value is -3.19. The van der Waals surface area contributed by atoms with Crippen molar-refractivity contribution in [2.75, 3.05) is 6.61 Å². The molecule has 3 aliphatic carbocycles. The quantitative estimate of drug-likeness (QED) is 0.243. The first kappa shape index (κ1) is 33.2. The summed E-state index contributed by atoms with van der Waals surface area (Å²) >= 11 is 0. The summed E-state index contributed by atoms with van der Waals surface area (Å²) in [6, 6.07) is 7.93. The van der Waals surface area contributed by atoms with Crippen LogP contribution in [0.3, 0.4) is 0 Å². The second kappa shape index (κ2) is 11.3. The van der Waals surface area contributed by atoms with E-state index >= 15 is 0 Å². The molecule has 1 saturated heterocycles. The molecule has 0 aromatic heterocycles. The van der Waals surface area contributed by atoms with Crippen LogP contribution in [0.5, 0.6) is 0 Å². The topological polar surface area (TPSA) is 183 Å². The fraction of sp³-hybridized carbons (Fsp3) is 0.667. The van der Waals surface area contributed by atoms with Gasteiger partial charge in [0.15, 0.2) is 11.7 Å². The van der Waals surface area contributed by atoms with Crippen molar-refractivity contribution in [2.45, 2.75) is 103 Å². The third-order valence-corrected chi connectivity index (χ3v) is 10.6. The molecule has 246 valence electrons. The van der Waals surface area contributed by atoms with Crippen molar-refractivity contribution in [1.29, 1.82) is 0 Å². The summed E-state index contributed by atoms with van der Waals surface area (Å²) < 4.78 is 23.4. The number of hydrogen-bond acceptors (Lipinski definition) is 12. The summed E-state index contributed by atoms with van der Waals surface area (Å²) in [6.07, 6.45) is -7.40. The Morgan fingerprint density at radius 3 is 2.27 bits per heavy atom. The van der Waals surface area contributed by atoms with E-state index in [1.54, 1.807) is 45.9 Å². The molecule has 12 nitrogen and oxygen atoms in total. The lowest BCUT2D eigenvalue weighted by molar-refractivity contribution is -0.344. The number of aliphatic hydroxyl groups excluding tert-OH is 2. The third kappa shape index (κ3) is 5.19. The average Bonchev–Trinajstić information content (AvgIpc) is 2.97. The largest absolute Gasteiger partial charge is 0.460 e. The molecule has 11 atom stereocenters. The fourth-order valence-corrected chi connectivity index (χ4v) is 7.88. The molecule has 1 heterocycles. The zero-order valence-corrected chi connectivity index (χ0v) is 26.3. The number of carbonyl (C=O) groups excluding carboxylic acids is 5. The van der Waals surface area contributed by atoms with Gasteiger partial charge < -0.3 is 34.3 Å². The first-order valence-electron chi connectivity index (χ1n) is 15.3. The maximum Gasteiger partial charge on any atom is 0.338 e. The molecule has 4 fully saturated rings. The SMILES string of the molecule is CC(=O)O[C@@]12CO[C@@H]1C[C@H](O)[C@@]1(C)C(=O)C(=O)C3CC(OC(=O)C(O)C(C)(C)C)C[C@@](O)(C(OC(=O)c4ccccc4)C12)[C@@H]3C. The zero-order valence-electron chi connectivity index (χ0n) is 26.3. The van der Waals surface area contributed by atoms with Gasteiger partial charge in [-0.3, -0.25) is 14.4 Å². The van der Waals surface area contributed by atoms with Gasteiger partial charge in [-0.15, -0.1) is 0 Å². The monoisotopic (exact) mass is 630 g/mol. The number of fused-ring (bicyclic) bond motifs is 5. The van der Waals surface area contributed by atoms with Crippen molar-refractivity contribution < 1.29 is 58.2 Å². The third-order valence-electron chi connectivity index (χ3n) is 10.6. The Balaban J connectivity index is 1.69. The van der Waals surface area contributed by atoms with E-state index in [-0.39, 0.29) is 31.4 Å². The van der Waals surface area contributed by atoms with Crippen LogP contribution in [0.4, 0.5) is 0 Å². The predicted molar refractivity (Wildman–Crippen MR) is 154 cm³/mol. The number of hydrogen-bond donors (Lipinski definition) is 3. The normalized spacial score (nSPS) is 40.0. The number of rotatable bonds is 5. The summed E-state index contributed by atoms with van der Waals surface area (Å²) in [5, 5.41) is 34.9. The molecule has 4 aliphatic rings. The Bertz CT molecular complexity index is 1390. The second-order valence-electron chi connectivity index (χ2n) is 14.4. The van der Waals surface area contributed by atoms with Crippen LogP contribution >= 0.6 is 0 Å².